The van der Waals surface area contributed by atoms with Crippen LogP contribution in [-0.4, -0.2) is 36.5 Å². The predicted octanol–water partition coefficient (Wildman–Crippen LogP) is 0.147. The van der Waals surface area contributed by atoms with Crippen molar-refractivity contribution in [1.82, 2.24) is 0 Å². The zero-order valence-corrected chi connectivity index (χ0v) is 13.9. The molecule has 0 aromatic rings. The number of rotatable bonds is 2. The van der Waals surface area contributed by atoms with Gasteiger partial charge in [0, 0.05) is 16.9 Å². The second kappa shape index (κ2) is 4.77. The number of carbonyl (C=O) groups is 5. The smallest absolute Gasteiger partial charge is 0.334 e. The van der Waals surface area contributed by atoms with Gasteiger partial charge in [-0.2, -0.15) is 0 Å². The van der Waals surface area contributed by atoms with E-state index in [-0.39, 0.29) is 12.2 Å². The summed E-state index contributed by atoms with van der Waals surface area (Å²) in [6.45, 7) is 4.94. The highest BCUT2D eigenvalue weighted by molar-refractivity contribution is 6.07. The molecular weight excluding hydrogens is 332 g/mol. The van der Waals surface area contributed by atoms with Gasteiger partial charge in [0.2, 0.25) is 0 Å². The van der Waals surface area contributed by atoms with Gasteiger partial charge in [0.05, 0.1) is 30.3 Å². The maximum absolute atomic E-state index is 12.6. The number of cyclic esters (lactones) is 4. The Morgan fingerprint density at radius 3 is 1.88 bits per heavy atom. The van der Waals surface area contributed by atoms with Crippen molar-refractivity contribution in [2.24, 2.45) is 35.0 Å². The van der Waals surface area contributed by atoms with E-state index in [2.05, 4.69) is 0 Å². The first-order valence-corrected chi connectivity index (χ1v) is 8.14. The first-order valence-electron chi connectivity index (χ1n) is 8.14. The summed E-state index contributed by atoms with van der Waals surface area (Å²) >= 11 is 0. The van der Waals surface area contributed by atoms with E-state index in [0.717, 1.165) is 0 Å². The summed E-state index contributed by atoms with van der Waals surface area (Å²) in [6.07, 6.45) is 0. The molecule has 0 N–H and O–H groups in total. The minimum absolute atomic E-state index is 0.116. The van der Waals surface area contributed by atoms with Crippen LogP contribution in [0, 0.1) is 35.0 Å². The van der Waals surface area contributed by atoms with Gasteiger partial charge in [-0.15, -0.1) is 0 Å². The molecule has 5 rings (SSSR count). The van der Waals surface area contributed by atoms with Crippen LogP contribution >= 0.6 is 0 Å². The molecule has 8 nitrogen and oxygen atoms in total. The van der Waals surface area contributed by atoms with Crippen molar-refractivity contribution >= 4 is 29.8 Å². The molecule has 25 heavy (non-hydrogen) atoms. The van der Waals surface area contributed by atoms with Gasteiger partial charge in [-0.1, -0.05) is 12.5 Å². The molecule has 0 spiro atoms. The number of hydrogen-bond donors (Lipinski definition) is 0. The van der Waals surface area contributed by atoms with Crippen LogP contribution in [0.3, 0.4) is 0 Å². The van der Waals surface area contributed by atoms with E-state index in [1.54, 1.807) is 20.8 Å². The SMILES string of the molecule is CCOC(=O)C1=C(C)C2[C@H]3C(=O)OC(=O)[C@H]3C1(C)[C@H]1C(=O)OC(=O)[C@@H]21. The number of esters is 5. The lowest BCUT2D eigenvalue weighted by atomic mass is 9.43. The number of hydrogen-bond acceptors (Lipinski definition) is 8. The molecule has 0 aromatic carbocycles. The van der Waals surface area contributed by atoms with E-state index < -0.39 is 64.9 Å². The van der Waals surface area contributed by atoms with Crippen LogP contribution in [0.2, 0.25) is 0 Å². The Labute approximate surface area is 142 Å². The first-order chi connectivity index (χ1) is 11.7. The molecule has 132 valence electrons. The minimum atomic E-state index is -1.38. The molecule has 0 aromatic heterocycles. The molecule has 0 radical (unpaired) electrons. The van der Waals surface area contributed by atoms with E-state index >= 15 is 0 Å². The maximum Gasteiger partial charge on any atom is 0.334 e. The molecule has 2 aliphatic heterocycles. The van der Waals surface area contributed by atoms with Crippen LogP contribution in [0.5, 0.6) is 0 Å². The van der Waals surface area contributed by atoms with E-state index in [0.29, 0.717) is 5.57 Å². The van der Waals surface area contributed by atoms with Crippen LogP contribution in [-0.2, 0) is 38.2 Å². The average Bonchev–Trinajstić information content (AvgIpc) is 2.98. The standard InChI is InChI=1S/C17H16O8/c1-4-23-14(20)9-5(2)6-7-10(15(21)24-12(7)18)17(9,3)11-8(6)13(19)25-16(11)22/h6-8,10-11H,4H2,1-3H3/t6?,7-,8+,10+,11-,17?. The summed E-state index contributed by atoms with van der Waals surface area (Å²) < 4.78 is 14.7. The predicted molar refractivity (Wildman–Crippen MR) is 77.1 cm³/mol. The quantitative estimate of drug-likeness (QED) is 0.394. The van der Waals surface area contributed by atoms with Crippen molar-refractivity contribution in [3.63, 3.8) is 0 Å². The van der Waals surface area contributed by atoms with Crippen molar-refractivity contribution in [2.45, 2.75) is 20.8 Å². The minimum Gasteiger partial charge on any atom is -0.463 e. The lowest BCUT2D eigenvalue weighted by Gasteiger charge is -2.54. The van der Waals surface area contributed by atoms with Crippen LogP contribution in [0.15, 0.2) is 11.1 Å². The number of allylic oxidation sites excluding steroid dienone is 1. The van der Waals surface area contributed by atoms with Gasteiger partial charge in [0.15, 0.2) is 0 Å². The van der Waals surface area contributed by atoms with Gasteiger partial charge in [-0.3, -0.25) is 19.2 Å². The van der Waals surface area contributed by atoms with Gasteiger partial charge < -0.3 is 14.2 Å². The fraction of sp³-hybridized carbons (Fsp3) is 0.588. The third kappa shape index (κ3) is 1.64. The second-order valence-corrected chi connectivity index (χ2v) is 7.07. The summed E-state index contributed by atoms with van der Waals surface area (Å²) in [6, 6.07) is 0. The Balaban J connectivity index is 2.00. The Hall–Kier alpha value is -2.51. The van der Waals surface area contributed by atoms with Crippen molar-refractivity contribution in [2.75, 3.05) is 6.61 Å². The normalized spacial score (nSPS) is 41.5. The molecule has 8 heteroatoms. The van der Waals surface area contributed by atoms with E-state index in [4.69, 9.17) is 14.2 Å². The molecule has 0 amide bonds. The highest BCUT2D eigenvalue weighted by atomic mass is 16.6. The van der Waals surface area contributed by atoms with Crippen molar-refractivity contribution < 1.29 is 38.2 Å². The van der Waals surface area contributed by atoms with Crippen LogP contribution in [0.4, 0.5) is 0 Å². The summed E-state index contributed by atoms with van der Waals surface area (Å²) in [7, 11) is 0. The van der Waals surface area contributed by atoms with Crippen LogP contribution in [0.25, 0.3) is 0 Å². The molecule has 5 aliphatic rings. The number of carbonyl (C=O) groups excluding carboxylic acids is 5. The van der Waals surface area contributed by atoms with Crippen molar-refractivity contribution in [3.05, 3.63) is 11.1 Å². The van der Waals surface area contributed by atoms with Gasteiger partial charge in [-0.05, 0) is 13.8 Å². The van der Waals surface area contributed by atoms with Gasteiger partial charge in [0.1, 0.15) is 0 Å². The summed E-state index contributed by atoms with van der Waals surface area (Å²) in [5.41, 5.74) is -0.714. The highest BCUT2D eigenvalue weighted by Crippen LogP contribution is 2.67. The third-order valence-corrected chi connectivity index (χ3v) is 6.15. The van der Waals surface area contributed by atoms with E-state index in [1.807, 2.05) is 0 Å². The van der Waals surface area contributed by atoms with Crippen LogP contribution in [0.1, 0.15) is 20.8 Å². The second-order valence-electron chi connectivity index (χ2n) is 7.07. The molecule has 3 fully saturated rings. The molecule has 2 bridgehead atoms. The summed E-state index contributed by atoms with van der Waals surface area (Å²) in [5.74, 6) is -8.23. The van der Waals surface area contributed by atoms with Crippen molar-refractivity contribution in [1.29, 1.82) is 0 Å². The molecule has 6 atom stereocenters. The summed E-state index contributed by atoms with van der Waals surface area (Å²) in [5, 5.41) is 0. The lowest BCUT2D eigenvalue weighted by Crippen LogP contribution is -2.61. The molecule has 2 unspecified atom stereocenters. The Morgan fingerprint density at radius 1 is 0.960 bits per heavy atom. The number of ether oxygens (including phenoxy) is 3. The monoisotopic (exact) mass is 348 g/mol. The zero-order chi connectivity index (χ0) is 18.3. The highest BCUT2D eigenvalue weighted by Gasteiger charge is 2.76. The maximum atomic E-state index is 12.6. The molecule has 2 heterocycles. The third-order valence-electron chi connectivity index (χ3n) is 6.15. The first kappa shape index (κ1) is 16.0. The summed E-state index contributed by atoms with van der Waals surface area (Å²) in [4.78, 5) is 61.9. The Kier molecular flexibility index (Phi) is 3.05. The topological polar surface area (TPSA) is 113 Å². The molecular formula is C17H16O8. The Bertz CT molecular complexity index is 748. The fourth-order valence-corrected chi connectivity index (χ4v) is 5.41. The van der Waals surface area contributed by atoms with Crippen molar-refractivity contribution in [3.8, 4) is 0 Å². The molecule has 2 saturated heterocycles. The lowest BCUT2D eigenvalue weighted by molar-refractivity contribution is -0.156. The fourth-order valence-electron chi connectivity index (χ4n) is 5.41. The Morgan fingerprint density at radius 2 is 1.44 bits per heavy atom. The van der Waals surface area contributed by atoms with E-state index in [9.17, 15) is 24.0 Å². The largest absolute Gasteiger partial charge is 0.463 e. The van der Waals surface area contributed by atoms with Crippen LogP contribution < -0.4 is 0 Å². The van der Waals surface area contributed by atoms with Gasteiger partial charge in [-0.25, -0.2) is 4.79 Å². The average molecular weight is 348 g/mol. The van der Waals surface area contributed by atoms with E-state index in [1.165, 1.54) is 0 Å². The molecule has 1 saturated carbocycles. The van der Waals surface area contributed by atoms with Gasteiger partial charge in [0.25, 0.3) is 0 Å². The van der Waals surface area contributed by atoms with Gasteiger partial charge >= 0.3 is 29.8 Å². The zero-order valence-electron chi connectivity index (χ0n) is 13.9. The molecule has 3 aliphatic carbocycles.